The lowest BCUT2D eigenvalue weighted by Gasteiger charge is -2.06. The molecule has 2 N–H and O–H groups in total. The first kappa shape index (κ1) is 15.4. The highest BCUT2D eigenvalue weighted by molar-refractivity contribution is 7.98. The van der Waals surface area contributed by atoms with Crippen LogP contribution >= 0.6 is 11.8 Å². The van der Waals surface area contributed by atoms with E-state index in [-0.39, 0.29) is 5.78 Å². The molecular weight excluding hydrogens is 302 g/mol. The fourth-order valence-corrected chi connectivity index (χ4v) is 3.24. The summed E-state index contributed by atoms with van der Waals surface area (Å²) in [6.07, 6.45) is 0. The number of rotatable bonds is 5. The van der Waals surface area contributed by atoms with Gasteiger partial charge >= 0.3 is 0 Å². The van der Waals surface area contributed by atoms with Crippen molar-refractivity contribution in [1.29, 1.82) is 0 Å². The second-order valence-corrected chi connectivity index (χ2v) is 6.31. The van der Waals surface area contributed by atoms with E-state index in [2.05, 4.69) is 0 Å². The Kier molecular flexibility index (Phi) is 4.79. The SMILES string of the molecule is Nc1cccc(SCc2cccc(C(=O)c3ccccc3)c2)c1. The van der Waals surface area contributed by atoms with E-state index in [1.54, 1.807) is 11.8 Å². The van der Waals surface area contributed by atoms with Gasteiger partial charge < -0.3 is 5.73 Å². The van der Waals surface area contributed by atoms with Gasteiger partial charge in [0.25, 0.3) is 0 Å². The average Bonchev–Trinajstić information content (AvgIpc) is 2.60. The zero-order chi connectivity index (χ0) is 16.1. The molecule has 114 valence electrons. The molecule has 3 heteroatoms. The Balaban J connectivity index is 1.74. The minimum atomic E-state index is 0.0569. The number of carbonyl (C=O) groups excluding carboxylic acids is 1. The molecule has 0 radical (unpaired) electrons. The molecule has 0 heterocycles. The third kappa shape index (κ3) is 4.02. The van der Waals surface area contributed by atoms with E-state index < -0.39 is 0 Å². The van der Waals surface area contributed by atoms with Gasteiger partial charge in [0.1, 0.15) is 0 Å². The van der Waals surface area contributed by atoms with Crippen molar-refractivity contribution in [2.45, 2.75) is 10.6 Å². The van der Waals surface area contributed by atoms with Gasteiger partial charge in [-0.1, -0.05) is 54.6 Å². The van der Waals surface area contributed by atoms with Gasteiger partial charge in [0.15, 0.2) is 5.78 Å². The molecule has 0 aliphatic rings. The number of thioether (sulfide) groups is 1. The molecule has 0 saturated heterocycles. The maximum absolute atomic E-state index is 12.5. The Morgan fingerprint density at radius 3 is 2.35 bits per heavy atom. The molecule has 0 fully saturated rings. The normalized spacial score (nSPS) is 10.4. The van der Waals surface area contributed by atoms with Crippen molar-refractivity contribution in [2.75, 3.05) is 5.73 Å². The molecule has 0 aliphatic heterocycles. The van der Waals surface area contributed by atoms with Crippen molar-refractivity contribution < 1.29 is 4.79 Å². The largest absolute Gasteiger partial charge is 0.399 e. The quantitative estimate of drug-likeness (QED) is 0.417. The fourth-order valence-electron chi connectivity index (χ4n) is 2.33. The molecule has 0 unspecified atom stereocenters. The number of carbonyl (C=O) groups is 1. The molecule has 0 saturated carbocycles. The monoisotopic (exact) mass is 319 g/mol. The predicted molar refractivity (Wildman–Crippen MR) is 96.7 cm³/mol. The Morgan fingerprint density at radius 1 is 0.826 bits per heavy atom. The van der Waals surface area contributed by atoms with E-state index in [1.165, 1.54) is 0 Å². The van der Waals surface area contributed by atoms with Gasteiger partial charge in [-0.15, -0.1) is 11.8 Å². The molecule has 2 nitrogen and oxygen atoms in total. The minimum Gasteiger partial charge on any atom is -0.399 e. The Labute approximate surface area is 140 Å². The maximum atomic E-state index is 12.5. The zero-order valence-electron chi connectivity index (χ0n) is 12.6. The van der Waals surface area contributed by atoms with E-state index in [4.69, 9.17) is 5.73 Å². The van der Waals surface area contributed by atoms with Crippen LogP contribution in [-0.2, 0) is 5.75 Å². The number of nitrogen functional groups attached to an aromatic ring is 1. The smallest absolute Gasteiger partial charge is 0.193 e. The van der Waals surface area contributed by atoms with Gasteiger partial charge in [0.05, 0.1) is 0 Å². The highest BCUT2D eigenvalue weighted by Gasteiger charge is 2.09. The molecule has 0 spiro atoms. The molecular formula is C20H17NOS. The summed E-state index contributed by atoms with van der Waals surface area (Å²) in [7, 11) is 0. The maximum Gasteiger partial charge on any atom is 0.193 e. The lowest BCUT2D eigenvalue weighted by molar-refractivity contribution is 0.103. The first-order chi connectivity index (χ1) is 11.2. The summed E-state index contributed by atoms with van der Waals surface area (Å²) in [6.45, 7) is 0. The van der Waals surface area contributed by atoms with Crippen molar-refractivity contribution in [3.05, 3.63) is 95.6 Å². The van der Waals surface area contributed by atoms with Crippen LogP contribution in [0.5, 0.6) is 0 Å². The van der Waals surface area contributed by atoms with Crippen LogP contribution in [0.2, 0.25) is 0 Å². The Hall–Kier alpha value is -2.52. The highest BCUT2D eigenvalue weighted by atomic mass is 32.2. The number of hydrogen-bond donors (Lipinski definition) is 1. The predicted octanol–water partition coefficient (Wildman–Crippen LogP) is 4.79. The van der Waals surface area contributed by atoms with Crippen molar-refractivity contribution in [3.63, 3.8) is 0 Å². The highest BCUT2D eigenvalue weighted by Crippen LogP contribution is 2.25. The Bertz CT molecular complexity index is 815. The van der Waals surface area contributed by atoms with Gasteiger partial charge in [-0.2, -0.15) is 0 Å². The number of ketones is 1. The fraction of sp³-hybridized carbons (Fsp3) is 0.0500. The summed E-state index contributed by atoms with van der Waals surface area (Å²) < 4.78 is 0. The second-order valence-electron chi connectivity index (χ2n) is 5.26. The first-order valence-corrected chi connectivity index (χ1v) is 8.38. The molecule has 23 heavy (non-hydrogen) atoms. The molecule has 0 amide bonds. The lowest BCUT2D eigenvalue weighted by atomic mass is 10.0. The van der Waals surface area contributed by atoms with Crippen LogP contribution in [-0.4, -0.2) is 5.78 Å². The van der Waals surface area contributed by atoms with Crippen LogP contribution in [0, 0.1) is 0 Å². The van der Waals surface area contributed by atoms with Crippen LogP contribution in [0.25, 0.3) is 0 Å². The van der Waals surface area contributed by atoms with Crippen molar-refractivity contribution >= 4 is 23.2 Å². The summed E-state index contributed by atoms with van der Waals surface area (Å²) in [5.41, 5.74) is 9.13. The average molecular weight is 319 g/mol. The first-order valence-electron chi connectivity index (χ1n) is 7.39. The molecule has 3 rings (SSSR count). The van der Waals surface area contributed by atoms with Gasteiger partial charge in [0, 0.05) is 27.5 Å². The van der Waals surface area contributed by atoms with Crippen molar-refractivity contribution in [1.82, 2.24) is 0 Å². The molecule has 0 aliphatic carbocycles. The molecule has 0 aromatic heterocycles. The van der Waals surface area contributed by atoms with E-state index >= 15 is 0 Å². The number of anilines is 1. The van der Waals surface area contributed by atoms with Crippen LogP contribution in [0.15, 0.2) is 83.8 Å². The minimum absolute atomic E-state index is 0.0569. The second kappa shape index (κ2) is 7.16. The molecule has 3 aromatic carbocycles. The van der Waals surface area contributed by atoms with Crippen LogP contribution in [0.4, 0.5) is 5.69 Å². The van der Waals surface area contributed by atoms with Crippen LogP contribution < -0.4 is 5.73 Å². The zero-order valence-corrected chi connectivity index (χ0v) is 13.4. The van der Waals surface area contributed by atoms with Crippen molar-refractivity contribution in [2.24, 2.45) is 0 Å². The summed E-state index contributed by atoms with van der Waals surface area (Å²) >= 11 is 1.71. The molecule has 0 atom stereocenters. The molecule has 0 bridgehead atoms. The summed E-state index contributed by atoms with van der Waals surface area (Å²) in [6, 6.07) is 25.0. The van der Waals surface area contributed by atoms with Crippen molar-refractivity contribution in [3.8, 4) is 0 Å². The van der Waals surface area contributed by atoms with E-state index in [0.29, 0.717) is 5.56 Å². The third-order valence-electron chi connectivity index (χ3n) is 3.49. The van der Waals surface area contributed by atoms with Gasteiger partial charge in [0.2, 0.25) is 0 Å². The Morgan fingerprint density at radius 2 is 1.57 bits per heavy atom. The number of benzene rings is 3. The van der Waals surface area contributed by atoms with E-state index in [0.717, 1.165) is 27.5 Å². The summed E-state index contributed by atoms with van der Waals surface area (Å²) in [5.74, 6) is 0.862. The topological polar surface area (TPSA) is 43.1 Å². The molecule has 3 aromatic rings. The summed E-state index contributed by atoms with van der Waals surface area (Å²) in [5, 5.41) is 0. The lowest BCUT2D eigenvalue weighted by Crippen LogP contribution is -2.01. The number of nitrogens with two attached hydrogens (primary N) is 1. The van der Waals surface area contributed by atoms with E-state index in [9.17, 15) is 4.79 Å². The van der Waals surface area contributed by atoms with Gasteiger partial charge in [-0.3, -0.25) is 4.79 Å². The van der Waals surface area contributed by atoms with Gasteiger partial charge in [-0.25, -0.2) is 0 Å². The standard InChI is InChI=1S/C20H17NOS/c21-18-10-5-11-19(13-18)23-14-15-6-4-9-17(12-15)20(22)16-7-2-1-3-8-16/h1-13H,14,21H2. The third-order valence-corrected chi connectivity index (χ3v) is 4.55. The van der Waals surface area contributed by atoms with E-state index in [1.807, 2.05) is 78.9 Å². The van der Waals surface area contributed by atoms with Gasteiger partial charge in [-0.05, 0) is 29.8 Å². The number of hydrogen-bond acceptors (Lipinski definition) is 3. The van der Waals surface area contributed by atoms with Crippen LogP contribution in [0.3, 0.4) is 0 Å². The van der Waals surface area contributed by atoms with Crippen LogP contribution in [0.1, 0.15) is 21.5 Å². The summed E-state index contributed by atoms with van der Waals surface area (Å²) in [4.78, 5) is 13.6.